The molecule has 0 unspecified atom stereocenters. The number of benzene rings is 3. The molecule has 2 amide bonds. The summed E-state index contributed by atoms with van der Waals surface area (Å²) >= 11 is 6.78. The molecule has 1 aliphatic heterocycles. The summed E-state index contributed by atoms with van der Waals surface area (Å²) in [6.45, 7) is 5.90. The van der Waals surface area contributed by atoms with Gasteiger partial charge in [-0.15, -0.1) is 0 Å². The molecule has 190 valence electrons. The number of hydrogen-bond acceptors (Lipinski definition) is 6. The summed E-state index contributed by atoms with van der Waals surface area (Å²) in [5.74, 6) is 0.452. The SMILES string of the molecule is CCc1ccc(NC(=O)COc2ccc(/C=C3\SC(=S)N(c4ccc(C)cc4C)C3=O)cc2OC)cc1. The van der Waals surface area contributed by atoms with Crippen molar-refractivity contribution < 1.29 is 19.1 Å². The molecule has 0 atom stereocenters. The van der Waals surface area contributed by atoms with Gasteiger partial charge in [-0.05, 0) is 73.4 Å². The Morgan fingerprint density at radius 1 is 1.05 bits per heavy atom. The van der Waals surface area contributed by atoms with Crippen molar-refractivity contribution in [1.29, 1.82) is 0 Å². The summed E-state index contributed by atoms with van der Waals surface area (Å²) < 4.78 is 11.7. The van der Waals surface area contributed by atoms with E-state index >= 15 is 0 Å². The maximum atomic E-state index is 13.2. The minimum atomic E-state index is -0.273. The lowest BCUT2D eigenvalue weighted by Crippen LogP contribution is -2.28. The Morgan fingerprint density at radius 3 is 2.49 bits per heavy atom. The van der Waals surface area contributed by atoms with E-state index < -0.39 is 0 Å². The Balaban J connectivity index is 1.44. The highest BCUT2D eigenvalue weighted by Gasteiger charge is 2.34. The monoisotopic (exact) mass is 532 g/mol. The summed E-state index contributed by atoms with van der Waals surface area (Å²) in [6, 6.07) is 18.9. The molecule has 0 bridgehead atoms. The number of thioether (sulfide) groups is 1. The van der Waals surface area contributed by atoms with E-state index in [-0.39, 0.29) is 18.4 Å². The van der Waals surface area contributed by atoms with Crippen molar-refractivity contribution in [2.75, 3.05) is 23.9 Å². The number of hydrogen-bond donors (Lipinski definition) is 1. The first-order chi connectivity index (χ1) is 17.8. The lowest BCUT2D eigenvalue weighted by atomic mass is 10.1. The molecule has 3 aromatic rings. The second-order valence-electron chi connectivity index (χ2n) is 8.60. The number of rotatable bonds is 8. The second-order valence-corrected chi connectivity index (χ2v) is 10.3. The molecule has 0 saturated carbocycles. The van der Waals surface area contributed by atoms with E-state index in [4.69, 9.17) is 21.7 Å². The van der Waals surface area contributed by atoms with Crippen molar-refractivity contribution in [2.24, 2.45) is 0 Å². The van der Waals surface area contributed by atoms with Crippen LogP contribution in [-0.2, 0) is 16.0 Å². The van der Waals surface area contributed by atoms with Crippen LogP contribution in [0, 0.1) is 13.8 Å². The number of nitrogens with zero attached hydrogens (tertiary/aromatic N) is 1. The Hall–Kier alpha value is -3.62. The number of anilines is 2. The van der Waals surface area contributed by atoms with E-state index in [1.807, 2.05) is 62.4 Å². The molecular formula is C29H28N2O4S2. The zero-order valence-electron chi connectivity index (χ0n) is 21.2. The Labute approximate surface area is 226 Å². The number of nitrogens with one attached hydrogen (secondary N) is 1. The van der Waals surface area contributed by atoms with Crippen molar-refractivity contribution in [3.05, 3.63) is 87.8 Å². The van der Waals surface area contributed by atoms with Crippen LogP contribution in [0.5, 0.6) is 11.5 Å². The summed E-state index contributed by atoms with van der Waals surface area (Å²) in [5.41, 5.74) is 5.57. The highest BCUT2D eigenvalue weighted by atomic mass is 32.2. The molecule has 1 fully saturated rings. The van der Waals surface area contributed by atoms with Crippen LogP contribution >= 0.6 is 24.0 Å². The molecule has 37 heavy (non-hydrogen) atoms. The van der Waals surface area contributed by atoms with Crippen LogP contribution < -0.4 is 19.7 Å². The third-order valence-electron chi connectivity index (χ3n) is 5.88. The van der Waals surface area contributed by atoms with Gasteiger partial charge in [-0.25, -0.2) is 0 Å². The average Bonchev–Trinajstić information content (AvgIpc) is 3.16. The largest absolute Gasteiger partial charge is 0.493 e. The van der Waals surface area contributed by atoms with Crippen molar-refractivity contribution in [2.45, 2.75) is 27.2 Å². The number of aryl methyl sites for hydroxylation is 3. The number of amides is 2. The molecule has 3 aromatic carbocycles. The van der Waals surface area contributed by atoms with Crippen LogP contribution in [0.3, 0.4) is 0 Å². The molecule has 1 aliphatic rings. The fourth-order valence-electron chi connectivity index (χ4n) is 3.94. The number of methoxy groups -OCH3 is 1. The van der Waals surface area contributed by atoms with Crippen molar-refractivity contribution in [1.82, 2.24) is 0 Å². The molecular weight excluding hydrogens is 504 g/mol. The van der Waals surface area contributed by atoms with Gasteiger partial charge in [0, 0.05) is 5.69 Å². The molecule has 0 spiro atoms. The molecule has 0 aromatic heterocycles. The van der Waals surface area contributed by atoms with Crippen molar-refractivity contribution in [3.8, 4) is 11.5 Å². The number of carbonyl (C=O) groups excluding carboxylic acids is 2. The van der Waals surface area contributed by atoms with Crippen LogP contribution in [-0.4, -0.2) is 29.9 Å². The van der Waals surface area contributed by atoms with Crippen molar-refractivity contribution in [3.63, 3.8) is 0 Å². The Morgan fingerprint density at radius 2 is 1.81 bits per heavy atom. The summed E-state index contributed by atoms with van der Waals surface area (Å²) in [7, 11) is 1.53. The maximum absolute atomic E-state index is 13.2. The first-order valence-corrected chi connectivity index (χ1v) is 13.1. The topological polar surface area (TPSA) is 67.9 Å². The van der Waals surface area contributed by atoms with Gasteiger partial charge in [-0.1, -0.05) is 66.8 Å². The predicted octanol–water partition coefficient (Wildman–Crippen LogP) is 6.30. The Bertz CT molecular complexity index is 1380. The van der Waals surface area contributed by atoms with Gasteiger partial charge in [-0.2, -0.15) is 0 Å². The van der Waals surface area contributed by atoms with E-state index in [0.717, 1.165) is 28.8 Å². The molecule has 1 heterocycles. The van der Waals surface area contributed by atoms with Gasteiger partial charge in [-0.3, -0.25) is 14.5 Å². The van der Waals surface area contributed by atoms with Crippen LogP contribution in [0.2, 0.25) is 0 Å². The average molecular weight is 533 g/mol. The standard InChI is InChI=1S/C29H28N2O4S2/c1-5-20-7-10-22(11-8-20)30-27(32)17-35-24-13-9-21(15-25(24)34-4)16-26-28(33)31(29(36)37-26)23-12-6-18(2)14-19(23)3/h6-16H,5,17H2,1-4H3,(H,30,32)/b26-16-. The molecule has 4 rings (SSSR count). The third-order valence-corrected chi connectivity index (χ3v) is 7.18. The fraction of sp³-hybridized carbons (Fsp3) is 0.207. The van der Waals surface area contributed by atoms with Gasteiger partial charge < -0.3 is 14.8 Å². The van der Waals surface area contributed by atoms with E-state index in [0.29, 0.717) is 26.4 Å². The van der Waals surface area contributed by atoms with Gasteiger partial charge in [0.15, 0.2) is 22.4 Å². The van der Waals surface area contributed by atoms with E-state index in [1.54, 1.807) is 23.1 Å². The first-order valence-electron chi connectivity index (χ1n) is 11.8. The third kappa shape index (κ3) is 6.21. The van der Waals surface area contributed by atoms with Gasteiger partial charge in [0.2, 0.25) is 0 Å². The number of thiocarbonyl (C=S) groups is 1. The zero-order valence-corrected chi connectivity index (χ0v) is 22.8. The number of ether oxygens (including phenoxy) is 2. The quantitative estimate of drug-likeness (QED) is 0.271. The molecule has 0 radical (unpaired) electrons. The lowest BCUT2D eigenvalue weighted by molar-refractivity contribution is -0.118. The van der Waals surface area contributed by atoms with Gasteiger partial charge in [0.1, 0.15) is 0 Å². The second kappa shape index (κ2) is 11.6. The molecule has 6 nitrogen and oxygen atoms in total. The Kier molecular flexibility index (Phi) is 8.31. The van der Waals surface area contributed by atoms with Crippen LogP contribution in [0.25, 0.3) is 6.08 Å². The number of carbonyl (C=O) groups is 2. The van der Waals surface area contributed by atoms with Gasteiger partial charge >= 0.3 is 0 Å². The van der Waals surface area contributed by atoms with E-state index in [2.05, 4.69) is 12.2 Å². The van der Waals surface area contributed by atoms with E-state index in [9.17, 15) is 9.59 Å². The first kappa shape index (κ1) is 26.4. The van der Waals surface area contributed by atoms with Gasteiger partial charge in [0.05, 0.1) is 17.7 Å². The van der Waals surface area contributed by atoms with Crippen LogP contribution in [0.4, 0.5) is 11.4 Å². The summed E-state index contributed by atoms with van der Waals surface area (Å²) in [4.78, 5) is 27.6. The van der Waals surface area contributed by atoms with Crippen molar-refractivity contribution >= 4 is 57.6 Å². The smallest absolute Gasteiger partial charge is 0.270 e. The molecule has 1 N–H and O–H groups in total. The fourth-order valence-corrected chi connectivity index (χ4v) is 5.23. The van der Waals surface area contributed by atoms with Crippen LogP contribution in [0.1, 0.15) is 29.2 Å². The highest BCUT2D eigenvalue weighted by molar-refractivity contribution is 8.27. The molecule has 8 heteroatoms. The molecule has 0 aliphatic carbocycles. The predicted molar refractivity (Wildman–Crippen MR) is 155 cm³/mol. The molecule has 1 saturated heterocycles. The lowest BCUT2D eigenvalue weighted by Gasteiger charge is -2.17. The normalized spacial score (nSPS) is 14.3. The zero-order chi connectivity index (χ0) is 26.5. The highest BCUT2D eigenvalue weighted by Crippen LogP contribution is 2.38. The van der Waals surface area contributed by atoms with Crippen LogP contribution in [0.15, 0.2) is 65.6 Å². The minimum Gasteiger partial charge on any atom is -0.493 e. The maximum Gasteiger partial charge on any atom is 0.270 e. The summed E-state index contributed by atoms with van der Waals surface area (Å²) in [5, 5.41) is 2.82. The van der Waals surface area contributed by atoms with E-state index in [1.165, 1.54) is 24.4 Å². The summed E-state index contributed by atoms with van der Waals surface area (Å²) in [6.07, 6.45) is 2.72. The minimum absolute atomic E-state index is 0.162. The van der Waals surface area contributed by atoms with Gasteiger partial charge in [0.25, 0.3) is 11.8 Å².